The molecule has 0 aromatic rings. The highest BCUT2D eigenvalue weighted by Gasteiger charge is 2.45. The van der Waals surface area contributed by atoms with Crippen molar-refractivity contribution in [3.63, 3.8) is 0 Å². The average Bonchev–Trinajstić information content (AvgIpc) is 2.97. The van der Waals surface area contributed by atoms with Crippen LogP contribution in [0.15, 0.2) is 0 Å². The summed E-state index contributed by atoms with van der Waals surface area (Å²) in [5.74, 6) is -2.08. The number of carbonyl (C=O) groups excluding carboxylic acids is 4. The van der Waals surface area contributed by atoms with Gasteiger partial charge in [-0.1, -0.05) is 26.7 Å². The largest absolute Gasteiger partial charge is 0.352 e. The fourth-order valence-corrected chi connectivity index (χ4v) is 2.70. The van der Waals surface area contributed by atoms with Crippen molar-refractivity contribution in [2.24, 2.45) is 5.92 Å². The maximum atomic E-state index is 12.1. The van der Waals surface area contributed by atoms with E-state index in [1.54, 1.807) is 0 Å². The number of carbonyl (C=O) groups is 4. The van der Waals surface area contributed by atoms with Gasteiger partial charge in [0.25, 0.3) is 0 Å². The molecule has 1 N–H and O–H groups in total. The van der Waals surface area contributed by atoms with Crippen LogP contribution in [0.3, 0.4) is 0 Å². The molecular weight excluding hydrogens is 274 g/mol. The van der Waals surface area contributed by atoms with Gasteiger partial charge < -0.3 is 5.32 Å². The number of imide groups is 2. The summed E-state index contributed by atoms with van der Waals surface area (Å²) in [5.41, 5.74) is 0. The summed E-state index contributed by atoms with van der Waals surface area (Å²) in [4.78, 5) is 49.2. The van der Waals surface area contributed by atoms with Gasteiger partial charge in [0.2, 0.25) is 5.91 Å². The van der Waals surface area contributed by atoms with Crippen LogP contribution in [0.4, 0.5) is 4.79 Å². The van der Waals surface area contributed by atoms with Crippen LogP contribution in [-0.2, 0) is 14.4 Å². The number of rotatable bonds is 5. The van der Waals surface area contributed by atoms with Gasteiger partial charge in [0.05, 0.1) is 0 Å². The molecule has 2 rings (SSSR count). The summed E-state index contributed by atoms with van der Waals surface area (Å²) in [5, 5.41) is 2.80. The third-order valence-corrected chi connectivity index (χ3v) is 3.70. The van der Waals surface area contributed by atoms with Crippen LogP contribution in [0.1, 0.15) is 39.5 Å². The smallest absolute Gasteiger partial charge is 0.334 e. The van der Waals surface area contributed by atoms with Gasteiger partial charge in [-0.3, -0.25) is 19.3 Å². The van der Waals surface area contributed by atoms with Crippen LogP contribution < -0.4 is 5.32 Å². The molecule has 116 valence electrons. The van der Waals surface area contributed by atoms with E-state index in [1.165, 1.54) is 0 Å². The van der Waals surface area contributed by atoms with Crippen molar-refractivity contribution in [2.75, 3.05) is 13.1 Å². The van der Waals surface area contributed by atoms with Gasteiger partial charge in [-0.2, -0.15) is 0 Å². The zero-order valence-corrected chi connectivity index (χ0v) is 12.4. The molecule has 1 saturated carbocycles. The molecule has 1 aliphatic carbocycles. The van der Waals surface area contributed by atoms with Crippen molar-refractivity contribution in [3.05, 3.63) is 0 Å². The van der Waals surface area contributed by atoms with Crippen LogP contribution >= 0.6 is 0 Å². The van der Waals surface area contributed by atoms with E-state index in [0.717, 1.165) is 35.5 Å². The van der Waals surface area contributed by atoms with E-state index in [9.17, 15) is 19.2 Å². The molecule has 1 saturated heterocycles. The van der Waals surface area contributed by atoms with Crippen LogP contribution in [0.25, 0.3) is 0 Å². The lowest BCUT2D eigenvalue weighted by molar-refractivity contribution is -0.144. The van der Waals surface area contributed by atoms with Gasteiger partial charge in [-0.05, 0) is 18.8 Å². The SMILES string of the molecule is CC(C)CN1C(=O)C(=O)N(CC(=O)NC2CCCC2)C1=O. The van der Waals surface area contributed by atoms with Crippen molar-refractivity contribution in [3.8, 4) is 0 Å². The van der Waals surface area contributed by atoms with E-state index in [2.05, 4.69) is 5.32 Å². The number of nitrogens with one attached hydrogen (secondary N) is 1. The predicted octanol–water partition coefficient (Wildman–Crippen LogP) is 0.492. The molecule has 0 bridgehead atoms. The molecule has 7 heteroatoms. The highest BCUT2D eigenvalue weighted by atomic mass is 16.2. The number of nitrogens with zero attached hydrogens (tertiary/aromatic N) is 2. The van der Waals surface area contributed by atoms with E-state index < -0.39 is 17.8 Å². The second kappa shape index (κ2) is 6.24. The lowest BCUT2D eigenvalue weighted by Crippen LogP contribution is -2.44. The Kier molecular flexibility index (Phi) is 4.59. The molecule has 0 unspecified atom stereocenters. The Morgan fingerprint density at radius 3 is 2.29 bits per heavy atom. The minimum absolute atomic E-state index is 0.0676. The van der Waals surface area contributed by atoms with Crippen LogP contribution in [0.2, 0.25) is 0 Å². The third-order valence-electron chi connectivity index (χ3n) is 3.70. The summed E-state index contributed by atoms with van der Waals surface area (Å²) < 4.78 is 0. The fourth-order valence-electron chi connectivity index (χ4n) is 2.70. The first-order valence-electron chi connectivity index (χ1n) is 7.37. The molecule has 0 spiro atoms. The average molecular weight is 295 g/mol. The Morgan fingerprint density at radius 2 is 1.71 bits per heavy atom. The maximum absolute atomic E-state index is 12.1. The second-order valence-corrected chi connectivity index (χ2v) is 6.03. The van der Waals surface area contributed by atoms with Gasteiger partial charge >= 0.3 is 17.8 Å². The lowest BCUT2D eigenvalue weighted by atomic mass is 10.2. The molecule has 0 atom stereocenters. The normalized spacial score (nSPS) is 20.0. The summed E-state index contributed by atoms with van der Waals surface area (Å²) in [6.07, 6.45) is 4.00. The standard InChI is InChI=1S/C14H21N3O4/c1-9(2)7-16-12(19)13(20)17(14(16)21)8-11(18)15-10-5-3-4-6-10/h9-10H,3-8H2,1-2H3,(H,15,18). The summed E-state index contributed by atoms with van der Waals surface area (Å²) in [6.45, 7) is 3.50. The van der Waals surface area contributed by atoms with E-state index >= 15 is 0 Å². The Labute approximate surface area is 123 Å². The van der Waals surface area contributed by atoms with Gasteiger partial charge in [0, 0.05) is 12.6 Å². The molecule has 1 aliphatic heterocycles. The highest BCUT2D eigenvalue weighted by Crippen LogP contribution is 2.18. The van der Waals surface area contributed by atoms with Crippen molar-refractivity contribution < 1.29 is 19.2 Å². The van der Waals surface area contributed by atoms with Gasteiger partial charge in [-0.15, -0.1) is 0 Å². The lowest BCUT2D eigenvalue weighted by Gasteiger charge is -2.18. The Hall–Kier alpha value is -1.92. The molecule has 1 heterocycles. The summed E-state index contributed by atoms with van der Waals surface area (Å²) in [7, 11) is 0. The molecule has 2 aliphatic rings. The number of amides is 5. The molecule has 0 aromatic carbocycles. The Bertz CT molecular complexity index is 469. The fraction of sp³-hybridized carbons (Fsp3) is 0.714. The summed E-state index contributed by atoms with van der Waals surface area (Å²) in [6, 6.07) is -0.576. The first-order valence-corrected chi connectivity index (χ1v) is 7.37. The van der Waals surface area contributed by atoms with Gasteiger partial charge in [0.1, 0.15) is 6.54 Å². The second-order valence-electron chi connectivity index (χ2n) is 6.03. The highest BCUT2D eigenvalue weighted by molar-refractivity contribution is 6.45. The monoisotopic (exact) mass is 295 g/mol. The van der Waals surface area contributed by atoms with E-state index in [0.29, 0.717) is 0 Å². The van der Waals surface area contributed by atoms with Crippen LogP contribution in [0.5, 0.6) is 0 Å². The number of hydrogen-bond donors (Lipinski definition) is 1. The molecule has 7 nitrogen and oxygen atoms in total. The number of urea groups is 1. The van der Waals surface area contributed by atoms with Crippen molar-refractivity contribution >= 4 is 23.8 Å². The van der Waals surface area contributed by atoms with Crippen LogP contribution in [-0.4, -0.2) is 52.7 Å². The first kappa shape index (κ1) is 15.5. The zero-order valence-electron chi connectivity index (χ0n) is 12.4. The Balaban J connectivity index is 1.95. The topological polar surface area (TPSA) is 86.8 Å². The minimum Gasteiger partial charge on any atom is -0.352 e. The summed E-state index contributed by atoms with van der Waals surface area (Å²) >= 11 is 0. The van der Waals surface area contributed by atoms with E-state index in [1.807, 2.05) is 13.8 Å². The zero-order chi connectivity index (χ0) is 15.6. The van der Waals surface area contributed by atoms with Gasteiger partial charge in [0.15, 0.2) is 0 Å². The molecule has 21 heavy (non-hydrogen) atoms. The van der Waals surface area contributed by atoms with Crippen molar-refractivity contribution in [1.82, 2.24) is 15.1 Å². The van der Waals surface area contributed by atoms with Crippen molar-refractivity contribution in [1.29, 1.82) is 0 Å². The van der Waals surface area contributed by atoms with Crippen molar-refractivity contribution in [2.45, 2.75) is 45.6 Å². The van der Waals surface area contributed by atoms with E-state index in [-0.39, 0.29) is 31.0 Å². The number of hydrogen-bond acceptors (Lipinski definition) is 4. The predicted molar refractivity (Wildman–Crippen MR) is 74.1 cm³/mol. The molecule has 5 amide bonds. The molecule has 0 aromatic heterocycles. The first-order chi connectivity index (χ1) is 9.90. The van der Waals surface area contributed by atoms with Gasteiger partial charge in [-0.25, -0.2) is 9.69 Å². The molecule has 0 radical (unpaired) electrons. The minimum atomic E-state index is -0.915. The quantitative estimate of drug-likeness (QED) is 0.591. The molecule has 2 fully saturated rings. The van der Waals surface area contributed by atoms with E-state index in [4.69, 9.17) is 0 Å². The maximum Gasteiger partial charge on any atom is 0.334 e. The Morgan fingerprint density at radius 1 is 1.14 bits per heavy atom. The molecular formula is C14H21N3O4. The third kappa shape index (κ3) is 3.40. The van der Waals surface area contributed by atoms with Crippen LogP contribution in [0, 0.1) is 5.92 Å².